The molecule has 0 radical (unpaired) electrons. The number of rotatable bonds is 12. The number of hydrogen-bond acceptors (Lipinski definition) is 0. The fraction of sp³-hybridized carbons (Fsp3) is 0.684. The van der Waals surface area contributed by atoms with Crippen LogP contribution in [-0.4, -0.2) is 5.33 Å². The van der Waals surface area contributed by atoms with Crippen LogP contribution in [0.2, 0.25) is 0 Å². The van der Waals surface area contributed by atoms with Crippen LogP contribution < -0.4 is 0 Å². The zero-order valence-electron chi connectivity index (χ0n) is 13.0. The number of alkyl halides is 1. The molecule has 0 N–H and O–H groups in total. The van der Waals surface area contributed by atoms with Crippen molar-refractivity contribution in [2.24, 2.45) is 0 Å². The largest absolute Gasteiger partial charge is 0.0928 e. The summed E-state index contributed by atoms with van der Waals surface area (Å²) in [6.45, 7) is 0. The average Bonchev–Trinajstić information content (AvgIpc) is 2.73. The second-order valence-electron chi connectivity index (χ2n) is 5.78. The first-order chi connectivity index (χ1) is 9.93. The van der Waals surface area contributed by atoms with Gasteiger partial charge in [-0.05, 0) is 25.7 Å². The molecule has 0 nitrogen and oxygen atoms in total. The van der Waals surface area contributed by atoms with Gasteiger partial charge in [-0.15, -0.1) is 0 Å². The van der Waals surface area contributed by atoms with E-state index in [0.717, 1.165) is 6.42 Å². The Kier molecular flexibility index (Phi) is 12.1. The highest BCUT2D eigenvalue weighted by molar-refractivity contribution is 9.09. The first-order valence-electron chi connectivity index (χ1n) is 8.51. The van der Waals surface area contributed by atoms with Gasteiger partial charge in [-0.2, -0.15) is 0 Å². The van der Waals surface area contributed by atoms with Gasteiger partial charge in [0.25, 0.3) is 0 Å². The maximum absolute atomic E-state index is 3.49. The van der Waals surface area contributed by atoms with E-state index in [0.29, 0.717) is 0 Å². The summed E-state index contributed by atoms with van der Waals surface area (Å²) in [5, 5.41) is 1.18. The second kappa shape index (κ2) is 13.7. The third-order valence-electron chi connectivity index (χ3n) is 3.92. The number of unbranched alkanes of at least 4 members (excludes halogenated alkanes) is 9. The van der Waals surface area contributed by atoms with Crippen molar-refractivity contribution in [1.29, 1.82) is 0 Å². The van der Waals surface area contributed by atoms with Crippen LogP contribution in [0.25, 0.3) is 0 Å². The summed E-state index contributed by atoms with van der Waals surface area (Å²) in [6.07, 6.45) is 27.7. The van der Waals surface area contributed by atoms with Crippen molar-refractivity contribution >= 4 is 15.9 Å². The Hall–Kier alpha value is -0.300. The molecule has 114 valence electrons. The Balaban J connectivity index is 1.82. The normalized spacial score (nSPS) is 14.3. The van der Waals surface area contributed by atoms with Crippen molar-refractivity contribution in [1.82, 2.24) is 0 Å². The van der Waals surface area contributed by atoms with Crippen LogP contribution in [0.1, 0.15) is 77.0 Å². The highest BCUT2D eigenvalue weighted by Crippen LogP contribution is 2.16. The Morgan fingerprint density at radius 3 is 2.00 bits per heavy atom. The number of allylic oxidation sites excluding steroid dienone is 6. The van der Waals surface area contributed by atoms with Gasteiger partial charge in [-0.25, -0.2) is 0 Å². The summed E-state index contributed by atoms with van der Waals surface area (Å²) >= 11 is 3.49. The summed E-state index contributed by atoms with van der Waals surface area (Å²) in [5.74, 6) is 0. The van der Waals surface area contributed by atoms with E-state index in [4.69, 9.17) is 0 Å². The van der Waals surface area contributed by atoms with Crippen molar-refractivity contribution in [2.75, 3.05) is 5.33 Å². The standard InChI is InChI=1S/C19H31Br/c20-18-14-10-6-4-2-1-3-5-7-11-15-19-16-12-8-9-13-17-19/h8-9,12,16-17H,1-7,10-11,13-15,18H2. The molecule has 0 saturated carbocycles. The molecule has 0 saturated heterocycles. The lowest BCUT2D eigenvalue weighted by atomic mass is 10.0. The van der Waals surface area contributed by atoms with Gasteiger partial charge in [-0.3, -0.25) is 0 Å². The molecule has 0 aromatic carbocycles. The summed E-state index contributed by atoms with van der Waals surface area (Å²) in [6, 6.07) is 0. The van der Waals surface area contributed by atoms with Gasteiger partial charge in [0.05, 0.1) is 0 Å². The smallest absolute Gasteiger partial charge is 0.00313 e. The van der Waals surface area contributed by atoms with E-state index in [9.17, 15) is 0 Å². The van der Waals surface area contributed by atoms with Crippen LogP contribution in [0.15, 0.2) is 36.0 Å². The zero-order chi connectivity index (χ0) is 14.3. The van der Waals surface area contributed by atoms with Gasteiger partial charge in [0.15, 0.2) is 0 Å². The third kappa shape index (κ3) is 10.5. The topological polar surface area (TPSA) is 0 Å². The number of halogens is 1. The maximum Gasteiger partial charge on any atom is 0.00313 e. The highest BCUT2D eigenvalue weighted by atomic mass is 79.9. The molecule has 0 atom stereocenters. The molecule has 0 amide bonds. The SMILES string of the molecule is BrCCCCCCCCCCCCC1=CCC=CC=C1. The van der Waals surface area contributed by atoms with Gasteiger partial charge in [0, 0.05) is 5.33 Å². The van der Waals surface area contributed by atoms with Gasteiger partial charge < -0.3 is 0 Å². The van der Waals surface area contributed by atoms with Crippen molar-refractivity contribution in [3.8, 4) is 0 Å². The van der Waals surface area contributed by atoms with Gasteiger partial charge in [-0.1, -0.05) is 103 Å². The van der Waals surface area contributed by atoms with E-state index < -0.39 is 0 Å². The van der Waals surface area contributed by atoms with Crippen molar-refractivity contribution in [3.63, 3.8) is 0 Å². The predicted molar refractivity (Wildman–Crippen MR) is 95.6 cm³/mol. The summed E-state index contributed by atoms with van der Waals surface area (Å²) in [5.41, 5.74) is 1.53. The predicted octanol–water partition coefficient (Wildman–Crippen LogP) is 7.11. The zero-order valence-corrected chi connectivity index (χ0v) is 14.5. The molecule has 0 aliphatic heterocycles. The van der Waals surface area contributed by atoms with E-state index in [1.54, 1.807) is 0 Å². The quantitative estimate of drug-likeness (QED) is 0.262. The highest BCUT2D eigenvalue weighted by Gasteiger charge is 1.96. The summed E-state index contributed by atoms with van der Waals surface area (Å²) < 4.78 is 0. The molecule has 1 aliphatic carbocycles. The Labute approximate surface area is 134 Å². The molecule has 0 heterocycles. The number of hydrogen-bond donors (Lipinski definition) is 0. The Morgan fingerprint density at radius 2 is 1.35 bits per heavy atom. The van der Waals surface area contributed by atoms with Gasteiger partial charge in [0.2, 0.25) is 0 Å². The molecule has 0 bridgehead atoms. The minimum absolute atomic E-state index is 1.11. The van der Waals surface area contributed by atoms with Gasteiger partial charge in [0.1, 0.15) is 0 Å². The third-order valence-corrected chi connectivity index (χ3v) is 4.48. The fourth-order valence-electron chi connectivity index (χ4n) is 2.65. The summed E-state index contributed by atoms with van der Waals surface area (Å²) in [7, 11) is 0. The monoisotopic (exact) mass is 338 g/mol. The maximum atomic E-state index is 3.49. The lowest BCUT2D eigenvalue weighted by molar-refractivity contribution is 0.557. The van der Waals surface area contributed by atoms with E-state index in [-0.39, 0.29) is 0 Å². The second-order valence-corrected chi connectivity index (χ2v) is 6.57. The summed E-state index contributed by atoms with van der Waals surface area (Å²) in [4.78, 5) is 0. The van der Waals surface area contributed by atoms with Gasteiger partial charge >= 0.3 is 0 Å². The van der Waals surface area contributed by atoms with Crippen molar-refractivity contribution in [2.45, 2.75) is 77.0 Å². The van der Waals surface area contributed by atoms with Crippen LogP contribution in [0, 0.1) is 0 Å². The lowest BCUT2D eigenvalue weighted by Gasteiger charge is -2.03. The van der Waals surface area contributed by atoms with Crippen molar-refractivity contribution in [3.05, 3.63) is 36.0 Å². The Morgan fingerprint density at radius 1 is 0.750 bits per heavy atom. The fourth-order valence-corrected chi connectivity index (χ4v) is 3.04. The van der Waals surface area contributed by atoms with E-state index in [1.807, 2.05) is 0 Å². The first-order valence-corrected chi connectivity index (χ1v) is 9.64. The van der Waals surface area contributed by atoms with E-state index >= 15 is 0 Å². The molecule has 0 aromatic rings. The minimum Gasteiger partial charge on any atom is -0.0928 e. The molecule has 0 aromatic heterocycles. The van der Waals surface area contributed by atoms with Crippen LogP contribution >= 0.6 is 15.9 Å². The van der Waals surface area contributed by atoms with E-state index in [1.165, 1.54) is 81.5 Å². The van der Waals surface area contributed by atoms with Crippen LogP contribution in [0.3, 0.4) is 0 Å². The van der Waals surface area contributed by atoms with Crippen molar-refractivity contribution < 1.29 is 0 Å². The molecular weight excluding hydrogens is 308 g/mol. The van der Waals surface area contributed by atoms with E-state index in [2.05, 4.69) is 46.3 Å². The molecule has 1 aliphatic rings. The van der Waals surface area contributed by atoms with Crippen LogP contribution in [0.4, 0.5) is 0 Å². The average molecular weight is 339 g/mol. The van der Waals surface area contributed by atoms with Crippen LogP contribution in [-0.2, 0) is 0 Å². The minimum atomic E-state index is 1.11. The lowest BCUT2D eigenvalue weighted by Crippen LogP contribution is -1.84. The molecule has 1 heteroatoms. The first kappa shape index (κ1) is 17.8. The molecule has 20 heavy (non-hydrogen) atoms. The Bertz CT molecular complexity index is 299. The molecule has 0 spiro atoms. The molecule has 0 fully saturated rings. The van der Waals surface area contributed by atoms with Crippen LogP contribution in [0.5, 0.6) is 0 Å². The molecule has 1 rings (SSSR count). The molecular formula is C19H31Br. The molecule has 0 unspecified atom stereocenters.